The number of hydrogen-bond donors (Lipinski definition) is 1. The van der Waals surface area contributed by atoms with Gasteiger partial charge in [-0.05, 0) is 17.7 Å². The Labute approximate surface area is 128 Å². The van der Waals surface area contributed by atoms with Crippen LogP contribution in [0.5, 0.6) is 5.75 Å². The van der Waals surface area contributed by atoms with E-state index in [1.165, 1.54) is 16.9 Å². The summed E-state index contributed by atoms with van der Waals surface area (Å²) in [6, 6.07) is 5.37. The van der Waals surface area contributed by atoms with Crippen LogP contribution in [-0.2, 0) is 16.1 Å². The van der Waals surface area contributed by atoms with E-state index in [-0.39, 0.29) is 29.9 Å². The Bertz CT molecular complexity index is 603. The second kappa shape index (κ2) is 6.09. The van der Waals surface area contributed by atoms with E-state index in [1.54, 1.807) is 19.2 Å². The van der Waals surface area contributed by atoms with Gasteiger partial charge in [0.2, 0.25) is 11.8 Å². The van der Waals surface area contributed by atoms with Crippen molar-refractivity contribution in [1.82, 2.24) is 9.80 Å². The second-order valence-electron chi connectivity index (χ2n) is 4.90. The minimum atomic E-state index is -0.0745. The molecule has 0 aromatic heterocycles. The van der Waals surface area contributed by atoms with E-state index in [9.17, 15) is 9.59 Å². The highest BCUT2D eigenvalue weighted by Crippen LogP contribution is 2.21. The van der Waals surface area contributed by atoms with Crippen LogP contribution in [0.25, 0.3) is 0 Å². The van der Waals surface area contributed by atoms with Gasteiger partial charge in [-0.2, -0.15) is 0 Å². The normalized spacial score (nSPS) is 15.3. The van der Waals surface area contributed by atoms with Crippen LogP contribution in [0, 0.1) is 0 Å². The number of carbonyl (C=O) groups is 2. The Morgan fingerprint density at radius 1 is 1.33 bits per heavy atom. The summed E-state index contributed by atoms with van der Waals surface area (Å²) >= 11 is 4.95. The van der Waals surface area contributed by atoms with Crippen molar-refractivity contribution in [3.05, 3.63) is 29.3 Å². The molecule has 0 unspecified atom stereocenters. The van der Waals surface area contributed by atoms with Crippen molar-refractivity contribution >= 4 is 29.0 Å². The fraction of sp³-hybridized carbons (Fsp3) is 0.357. The molecule has 7 heteroatoms. The zero-order chi connectivity index (χ0) is 15.6. The fourth-order valence-electron chi connectivity index (χ4n) is 2.17. The summed E-state index contributed by atoms with van der Waals surface area (Å²) in [4.78, 5) is 26.8. The third kappa shape index (κ3) is 3.30. The van der Waals surface area contributed by atoms with Crippen LogP contribution in [0.15, 0.2) is 18.2 Å². The molecule has 2 rings (SSSR count). The number of carbonyl (C=O) groups excluding carboxylic acids is 2. The number of nitrogens with two attached hydrogens (primary N) is 1. The van der Waals surface area contributed by atoms with Crippen LogP contribution >= 0.6 is 12.2 Å². The monoisotopic (exact) mass is 307 g/mol. The maximum atomic E-state index is 11.9. The molecule has 1 aromatic rings. The standard InChI is InChI=1S/C14H17N3O3S/c1-16-7-13(19)17(8-12(16)18)6-9-3-4-10(14(15)21)11(5-9)20-2/h3-5H,6-8H2,1-2H3,(H2,15,21). The lowest BCUT2D eigenvalue weighted by atomic mass is 10.1. The van der Waals surface area contributed by atoms with Crippen LogP contribution in [-0.4, -0.2) is 53.8 Å². The van der Waals surface area contributed by atoms with E-state index in [0.29, 0.717) is 17.9 Å². The van der Waals surface area contributed by atoms with Gasteiger partial charge in [0.05, 0.1) is 19.2 Å². The molecule has 0 radical (unpaired) electrons. The number of methoxy groups -OCH3 is 1. The number of nitrogens with zero attached hydrogens (tertiary/aromatic N) is 2. The van der Waals surface area contributed by atoms with Gasteiger partial charge in [0, 0.05) is 13.6 Å². The molecular formula is C14H17N3O3S. The number of ether oxygens (including phenoxy) is 1. The molecule has 112 valence electrons. The minimum Gasteiger partial charge on any atom is -0.496 e. The van der Waals surface area contributed by atoms with Gasteiger partial charge in [0.25, 0.3) is 0 Å². The SMILES string of the molecule is COc1cc(CN2CC(=O)N(C)CC2=O)ccc1C(N)=S. The number of likely N-dealkylation sites (N-methyl/N-ethyl adjacent to an activating group) is 1. The Morgan fingerprint density at radius 2 is 2.05 bits per heavy atom. The molecule has 1 aliphatic rings. The molecule has 0 aliphatic carbocycles. The summed E-state index contributed by atoms with van der Waals surface area (Å²) in [6.45, 7) is 0.558. The molecule has 1 fully saturated rings. The van der Waals surface area contributed by atoms with Crippen LogP contribution in [0.4, 0.5) is 0 Å². The molecule has 2 N–H and O–H groups in total. The van der Waals surface area contributed by atoms with E-state index >= 15 is 0 Å². The highest BCUT2D eigenvalue weighted by molar-refractivity contribution is 7.80. The van der Waals surface area contributed by atoms with Gasteiger partial charge in [0.15, 0.2) is 0 Å². The van der Waals surface area contributed by atoms with Crippen molar-refractivity contribution in [1.29, 1.82) is 0 Å². The van der Waals surface area contributed by atoms with Crippen LogP contribution < -0.4 is 10.5 Å². The minimum absolute atomic E-state index is 0.0682. The van der Waals surface area contributed by atoms with E-state index in [0.717, 1.165) is 5.56 Å². The largest absolute Gasteiger partial charge is 0.496 e. The van der Waals surface area contributed by atoms with Gasteiger partial charge in [-0.15, -0.1) is 0 Å². The molecule has 1 aliphatic heterocycles. The summed E-state index contributed by atoms with van der Waals surface area (Å²) in [7, 11) is 3.16. The zero-order valence-corrected chi connectivity index (χ0v) is 12.8. The first kappa shape index (κ1) is 15.2. The average Bonchev–Trinajstić information content (AvgIpc) is 2.44. The number of thiocarbonyl (C=S) groups is 1. The molecule has 1 aromatic carbocycles. The number of amides is 2. The van der Waals surface area contributed by atoms with E-state index in [2.05, 4.69) is 0 Å². The molecule has 1 heterocycles. The van der Waals surface area contributed by atoms with Crippen molar-refractivity contribution in [3.63, 3.8) is 0 Å². The Kier molecular flexibility index (Phi) is 4.42. The zero-order valence-electron chi connectivity index (χ0n) is 12.0. The Hall–Kier alpha value is -2.15. The van der Waals surface area contributed by atoms with Gasteiger partial charge in [-0.3, -0.25) is 9.59 Å². The van der Waals surface area contributed by atoms with Gasteiger partial charge in [-0.25, -0.2) is 0 Å². The van der Waals surface area contributed by atoms with Crippen LogP contribution in [0.1, 0.15) is 11.1 Å². The molecule has 0 atom stereocenters. The van der Waals surface area contributed by atoms with Crippen LogP contribution in [0.2, 0.25) is 0 Å². The Morgan fingerprint density at radius 3 is 2.67 bits per heavy atom. The first-order chi connectivity index (χ1) is 9.92. The molecule has 0 saturated carbocycles. The summed E-state index contributed by atoms with van der Waals surface area (Å²) in [5.74, 6) is 0.420. The third-order valence-electron chi connectivity index (χ3n) is 3.38. The molecular weight excluding hydrogens is 290 g/mol. The van der Waals surface area contributed by atoms with Crippen molar-refractivity contribution in [2.75, 3.05) is 27.2 Å². The lowest BCUT2D eigenvalue weighted by Gasteiger charge is -2.31. The maximum absolute atomic E-state index is 11.9. The molecule has 1 saturated heterocycles. The van der Waals surface area contributed by atoms with E-state index in [1.807, 2.05) is 6.07 Å². The molecule has 2 amide bonds. The van der Waals surface area contributed by atoms with Crippen molar-refractivity contribution in [2.24, 2.45) is 5.73 Å². The molecule has 0 bridgehead atoms. The third-order valence-corrected chi connectivity index (χ3v) is 3.60. The number of hydrogen-bond acceptors (Lipinski definition) is 4. The van der Waals surface area contributed by atoms with Gasteiger partial charge < -0.3 is 20.3 Å². The second-order valence-corrected chi connectivity index (χ2v) is 5.34. The molecule has 0 spiro atoms. The van der Waals surface area contributed by atoms with Gasteiger partial charge in [0.1, 0.15) is 17.3 Å². The smallest absolute Gasteiger partial charge is 0.242 e. The van der Waals surface area contributed by atoms with Crippen LogP contribution in [0.3, 0.4) is 0 Å². The quantitative estimate of drug-likeness (QED) is 0.800. The highest BCUT2D eigenvalue weighted by atomic mass is 32.1. The summed E-state index contributed by atoms with van der Waals surface area (Å²) in [6.07, 6.45) is 0. The van der Waals surface area contributed by atoms with Gasteiger partial charge in [-0.1, -0.05) is 18.3 Å². The van der Waals surface area contributed by atoms with Crippen molar-refractivity contribution < 1.29 is 14.3 Å². The first-order valence-electron chi connectivity index (χ1n) is 6.41. The summed E-state index contributed by atoms with van der Waals surface area (Å²) in [5, 5.41) is 0. The van der Waals surface area contributed by atoms with Crippen molar-refractivity contribution in [3.8, 4) is 5.75 Å². The highest BCUT2D eigenvalue weighted by Gasteiger charge is 2.27. The average molecular weight is 307 g/mol. The maximum Gasteiger partial charge on any atom is 0.242 e. The molecule has 21 heavy (non-hydrogen) atoms. The number of rotatable bonds is 4. The Balaban J connectivity index is 2.18. The molecule has 6 nitrogen and oxygen atoms in total. The van der Waals surface area contributed by atoms with E-state index < -0.39 is 0 Å². The van der Waals surface area contributed by atoms with Gasteiger partial charge >= 0.3 is 0 Å². The lowest BCUT2D eigenvalue weighted by Crippen LogP contribution is -2.51. The number of piperazine rings is 1. The first-order valence-corrected chi connectivity index (χ1v) is 6.81. The predicted octanol–water partition coefficient (Wildman–Crippen LogP) is 0.130. The summed E-state index contributed by atoms with van der Waals surface area (Å²) < 4.78 is 5.26. The summed E-state index contributed by atoms with van der Waals surface area (Å²) in [5.41, 5.74) is 7.13. The topological polar surface area (TPSA) is 75.9 Å². The number of benzene rings is 1. The van der Waals surface area contributed by atoms with E-state index in [4.69, 9.17) is 22.7 Å². The van der Waals surface area contributed by atoms with Crippen molar-refractivity contribution in [2.45, 2.75) is 6.54 Å². The lowest BCUT2D eigenvalue weighted by molar-refractivity contribution is -0.149. The predicted molar refractivity (Wildman–Crippen MR) is 81.9 cm³/mol. The fourth-order valence-corrected chi connectivity index (χ4v) is 2.33.